The van der Waals surface area contributed by atoms with Crippen molar-refractivity contribution in [2.45, 2.75) is 0 Å². The normalized spacial score (nSPS) is 18.4. The standard InChI is InChI=1S/C18H12Cl2OS/c19-15-5-1-3-12(8-15)7-14-11-22-17(18(14)21)10-13-4-2-6-16(20)9-13/h1-10H,11H2. The molecule has 2 aromatic carbocycles. The van der Waals surface area contributed by atoms with E-state index in [1.807, 2.05) is 60.7 Å². The second-order valence-corrected chi connectivity index (χ2v) is 6.80. The van der Waals surface area contributed by atoms with Crippen LogP contribution >= 0.6 is 35.0 Å². The average molecular weight is 347 g/mol. The number of thioether (sulfide) groups is 1. The Hall–Kier alpha value is -1.48. The third-order valence-corrected chi connectivity index (χ3v) is 4.77. The summed E-state index contributed by atoms with van der Waals surface area (Å²) in [5.74, 6) is 0.752. The molecule has 0 saturated carbocycles. The van der Waals surface area contributed by atoms with Gasteiger partial charge in [0.1, 0.15) is 0 Å². The Kier molecular flexibility index (Phi) is 4.72. The summed E-state index contributed by atoms with van der Waals surface area (Å²) in [4.78, 5) is 13.2. The fourth-order valence-corrected chi connectivity index (χ4v) is 3.61. The summed E-state index contributed by atoms with van der Waals surface area (Å²) in [6.45, 7) is 0. The molecule has 0 aliphatic carbocycles. The first kappa shape index (κ1) is 15.4. The smallest absolute Gasteiger partial charge is 0.196 e. The molecule has 1 aliphatic rings. The molecule has 0 aromatic heterocycles. The molecular formula is C18H12Cl2OS. The first-order valence-corrected chi connectivity index (χ1v) is 8.47. The van der Waals surface area contributed by atoms with Gasteiger partial charge in [-0.05, 0) is 47.5 Å². The van der Waals surface area contributed by atoms with Crippen molar-refractivity contribution >= 4 is 52.9 Å². The number of benzene rings is 2. The van der Waals surface area contributed by atoms with E-state index < -0.39 is 0 Å². The van der Waals surface area contributed by atoms with Gasteiger partial charge in [0.25, 0.3) is 0 Å². The predicted molar refractivity (Wildman–Crippen MR) is 96.3 cm³/mol. The fourth-order valence-electron chi connectivity index (χ4n) is 2.20. The van der Waals surface area contributed by atoms with Crippen LogP contribution in [0.15, 0.2) is 59.0 Å². The van der Waals surface area contributed by atoms with Gasteiger partial charge in [-0.25, -0.2) is 0 Å². The van der Waals surface area contributed by atoms with Gasteiger partial charge in [-0.1, -0.05) is 47.5 Å². The zero-order valence-electron chi connectivity index (χ0n) is 11.6. The van der Waals surface area contributed by atoms with Gasteiger partial charge in [-0.15, -0.1) is 11.8 Å². The molecule has 1 fully saturated rings. The van der Waals surface area contributed by atoms with Gasteiger partial charge in [0, 0.05) is 21.4 Å². The Morgan fingerprint density at radius 3 is 2.09 bits per heavy atom. The van der Waals surface area contributed by atoms with Crippen LogP contribution in [0.2, 0.25) is 10.0 Å². The predicted octanol–water partition coefficient (Wildman–Crippen LogP) is 5.73. The lowest BCUT2D eigenvalue weighted by atomic mass is 10.1. The molecule has 1 heterocycles. The van der Waals surface area contributed by atoms with Crippen LogP contribution in [0.1, 0.15) is 11.1 Å². The molecule has 2 aromatic rings. The minimum Gasteiger partial charge on any atom is -0.288 e. The summed E-state index contributed by atoms with van der Waals surface area (Å²) >= 11 is 13.5. The highest BCUT2D eigenvalue weighted by Gasteiger charge is 2.23. The molecule has 22 heavy (non-hydrogen) atoms. The third-order valence-electron chi connectivity index (χ3n) is 3.23. The number of halogens is 2. The maximum absolute atomic E-state index is 12.5. The van der Waals surface area contributed by atoms with E-state index in [4.69, 9.17) is 23.2 Å². The molecule has 3 rings (SSSR count). The number of ketones is 1. The van der Waals surface area contributed by atoms with Crippen molar-refractivity contribution in [3.63, 3.8) is 0 Å². The maximum Gasteiger partial charge on any atom is 0.196 e. The van der Waals surface area contributed by atoms with E-state index >= 15 is 0 Å². The number of hydrogen-bond donors (Lipinski definition) is 0. The maximum atomic E-state index is 12.5. The Balaban J connectivity index is 1.86. The van der Waals surface area contributed by atoms with Crippen molar-refractivity contribution in [2.24, 2.45) is 0 Å². The summed E-state index contributed by atoms with van der Waals surface area (Å²) in [6, 6.07) is 15.0. The summed E-state index contributed by atoms with van der Waals surface area (Å²) in [5.41, 5.74) is 2.67. The topological polar surface area (TPSA) is 17.1 Å². The highest BCUT2D eigenvalue weighted by atomic mass is 35.5. The van der Waals surface area contributed by atoms with Gasteiger partial charge >= 0.3 is 0 Å². The molecule has 110 valence electrons. The Bertz CT molecular complexity index is 728. The van der Waals surface area contributed by atoms with Crippen molar-refractivity contribution < 1.29 is 4.79 Å². The third kappa shape index (κ3) is 3.64. The largest absolute Gasteiger partial charge is 0.288 e. The van der Waals surface area contributed by atoms with Crippen molar-refractivity contribution in [1.29, 1.82) is 0 Å². The van der Waals surface area contributed by atoms with Gasteiger partial charge in [0.2, 0.25) is 0 Å². The molecule has 0 N–H and O–H groups in total. The second kappa shape index (κ2) is 6.74. The lowest BCUT2D eigenvalue weighted by Gasteiger charge is -1.98. The number of Topliss-reactive ketones (excluding diaryl/α,β-unsaturated/α-hetero) is 1. The summed E-state index contributed by atoms with van der Waals surface area (Å²) < 4.78 is 0. The van der Waals surface area contributed by atoms with Crippen LogP contribution in [0.5, 0.6) is 0 Å². The molecule has 0 spiro atoms. The van der Waals surface area contributed by atoms with E-state index in [2.05, 4.69) is 0 Å². The van der Waals surface area contributed by atoms with Crippen LogP contribution in [0, 0.1) is 0 Å². The van der Waals surface area contributed by atoms with E-state index in [9.17, 15) is 4.79 Å². The number of hydrogen-bond acceptors (Lipinski definition) is 2. The monoisotopic (exact) mass is 346 g/mol. The summed E-state index contributed by atoms with van der Waals surface area (Å²) in [5, 5.41) is 1.33. The molecule has 0 amide bonds. The molecular weight excluding hydrogens is 335 g/mol. The molecule has 4 heteroatoms. The zero-order chi connectivity index (χ0) is 15.5. The van der Waals surface area contributed by atoms with Gasteiger partial charge in [0.15, 0.2) is 5.78 Å². The molecule has 0 unspecified atom stereocenters. The van der Waals surface area contributed by atoms with Crippen LogP contribution in [-0.2, 0) is 4.79 Å². The molecule has 0 atom stereocenters. The zero-order valence-corrected chi connectivity index (χ0v) is 13.9. The van der Waals surface area contributed by atoms with Crippen molar-refractivity contribution in [2.75, 3.05) is 5.75 Å². The minimum atomic E-state index is 0.0740. The van der Waals surface area contributed by atoms with Crippen molar-refractivity contribution in [1.82, 2.24) is 0 Å². The lowest BCUT2D eigenvalue weighted by Crippen LogP contribution is -1.96. The van der Waals surface area contributed by atoms with Gasteiger partial charge in [-0.3, -0.25) is 4.79 Å². The fraction of sp³-hybridized carbons (Fsp3) is 0.0556. The molecule has 1 nitrogen and oxygen atoms in total. The van der Waals surface area contributed by atoms with Crippen LogP contribution in [-0.4, -0.2) is 11.5 Å². The van der Waals surface area contributed by atoms with Gasteiger partial charge in [0.05, 0.1) is 4.91 Å². The molecule has 0 bridgehead atoms. The van der Waals surface area contributed by atoms with E-state index in [-0.39, 0.29) is 5.78 Å². The van der Waals surface area contributed by atoms with Crippen molar-refractivity contribution in [3.05, 3.63) is 80.2 Å². The summed E-state index contributed by atoms with van der Waals surface area (Å²) in [6.07, 6.45) is 3.79. The first-order valence-electron chi connectivity index (χ1n) is 6.73. The number of carbonyl (C=O) groups excluding carboxylic acids is 1. The van der Waals surface area contributed by atoms with Gasteiger partial charge in [-0.2, -0.15) is 0 Å². The highest BCUT2D eigenvalue weighted by Crippen LogP contribution is 2.34. The van der Waals surface area contributed by atoms with E-state index in [0.717, 1.165) is 21.6 Å². The van der Waals surface area contributed by atoms with E-state index in [1.54, 1.807) is 11.8 Å². The average Bonchev–Trinajstić information content (AvgIpc) is 2.80. The Morgan fingerprint density at radius 1 is 0.909 bits per heavy atom. The Morgan fingerprint density at radius 2 is 1.50 bits per heavy atom. The van der Waals surface area contributed by atoms with E-state index in [1.165, 1.54) is 0 Å². The second-order valence-electron chi connectivity index (χ2n) is 4.91. The molecule has 0 radical (unpaired) electrons. The summed E-state index contributed by atoms with van der Waals surface area (Å²) in [7, 11) is 0. The Labute approximate surface area is 143 Å². The van der Waals surface area contributed by atoms with Crippen LogP contribution in [0.3, 0.4) is 0 Å². The van der Waals surface area contributed by atoms with Gasteiger partial charge < -0.3 is 0 Å². The number of carbonyl (C=O) groups is 1. The van der Waals surface area contributed by atoms with Crippen LogP contribution in [0.4, 0.5) is 0 Å². The minimum absolute atomic E-state index is 0.0740. The number of allylic oxidation sites excluding steroid dienone is 1. The quantitative estimate of drug-likeness (QED) is 0.645. The van der Waals surface area contributed by atoms with Crippen LogP contribution in [0.25, 0.3) is 12.2 Å². The highest BCUT2D eigenvalue weighted by molar-refractivity contribution is 8.05. The lowest BCUT2D eigenvalue weighted by molar-refractivity contribution is -0.111. The molecule has 1 aliphatic heterocycles. The van der Waals surface area contributed by atoms with Crippen LogP contribution < -0.4 is 0 Å². The first-order chi connectivity index (χ1) is 10.6. The SMILES string of the molecule is O=C1C(=Cc2cccc(Cl)c2)CSC1=Cc1cccc(Cl)c1. The molecule has 1 saturated heterocycles. The number of rotatable bonds is 2. The van der Waals surface area contributed by atoms with E-state index in [0.29, 0.717) is 15.8 Å². The van der Waals surface area contributed by atoms with Crippen molar-refractivity contribution in [3.8, 4) is 0 Å².